The molecule has 1 saturated heterocycles. The highest BCUT2D eigenvalue weighted by molar-refractivity contribution is 5.95. The second-order valence-corrected chi connectivity index (χ2v) is 7.49. The second-order valence-electron chi connectivity index (χ2n) is 7.49. The number of amides is 1. The van der Waals surface area contributed by atoms with Crippen LogP contribution in [0.4, 0.5) is 11.5 Å². The minimum Gasteiger partial charge on any atom is -0.497 e. The van der Waals surface area contributed by atoms with Gasteiger partial charge in [0, 0.05) is 57.1 Å². The molecule has 164 valence electrons. The number of methoxy groups -OCH3 is 2. The third-order valence-corrected chi connectivity index (χ3v) is 5.67. The summed E-state index contributed by atoms with van der Waals surface area (Å²) in [5, 5.41) is 8.20. The third-order valence-electron chi connectivity index (χ3n) is 5.67. The second kappa shape index (κ2) is 8.76. The molecule has 10 heteroatoms. The van der Waals surface area contributed by atoms with E-state index < -0.39 is 0 Å². The number of benzene rings is 1. The molecular formula is C21H27N7O3. The summed E-state index contributed by atoms with van der Waals surface area (Å²) in [5.74, 6) is 2.07. The van der Waals surface area contributed by atoms with Crippen LogP contribution in [0.1, 0.15) is 6.92 Å². The summed E-state index contributed by atoms with van der Waals surface area (Å²) in [7, 11) is 5.04. The molecule has 0 saturated carbocycles. The van der Waals surface area contributed by atoms with Gasteiger partial charge in [-0.2, -0.15) is 5.10 Å². The van der Waals surface area contributed by atoms with E-state index in [1.54, 1.807) is 49.6 Å². The van der Waals surface area contributed by atoms with Crippen LogP contribution in [0.5, 0.6) is 11.5 Å². The molecule has 1 amide bonds. The number of ether oxygens (including phenoxy) is 2. The molecule has 0 aliphatic carbocycles. The number of carbonyl (C=O) groups excluding carboxylic acids is 1. The Balaban J connectivity index is 1.40. The summed E-state index contributed by atoms with van der Waals surface area (Å²) < 4.78 is 12.3. The average molecular weight is 425 g/mol. The van der Waals surface area contributed by atoms with Gasteiger partial charge in [0.1, 0.15) is 23.6 Å². The fraction of sp³-hybridized carbons (Fsp3) is 0.429. The Morgan fingerprint density at radius 2 is 1.74 bits per heavy atom. The molecule has 10 nitrogen and oxygen atoms in total. The summed E-state index contributed by atoms with van der Waals surface area (Å²) in [5.41, 5.74) is 1.46. The third kappa shape index (κ3) is 4.24. The number of nitrogens with zero attached hydrogens (tertiary/aromatic N) is 6. The van der Waals surface area contributed by atoms with E-state index in [-0.39, 0.29) is 11.9 Å². The first-order valence-electron chi connectivity index (χ1n) is 10.2. The summed E-state index contributed by atoms with van der Waals surface area (Å²) in [6.45, 7) is 4.97. The Morgan fingerprint density at radius 1 is 1.06 bits per heavy atom. The molecule has 1 aromatic carbocycles. The summed E-state index contributed by atoms with van der Waals surface area (Å²) in [6.07, 6.45) is 3.37. The monoisotopic (exact) mass is 425 g/mol. The number of aromatic nitrogens is 4. The van der Waals surface area contributed by atoms with Crippen molar-refractivity contribution in [2.24, 2.45) is 7.05 Å². The van der Waals surface area contributed by atoms with Gasteiger partial charge in [0.2, 0.25) is 5.91 Å². The molecule has 0 radical (unpaired) electrons. The maximum atomic E-state index is 12.9. The van der Waals surface area contributed by atoms with E-state index >= 15 is 0 Å². The Morgan fingerprint density at radius 3 is 2.39 bits per heavy atom. The highest BCUT2D eigenvalue weighted by atomic mass is 16.5. The van der Waals surface area contributed by atoms with E-state index in [2.05, 4.69) is 30.2 Å². The van der Waals surface area contributed by atoms with Crippen LogP contribution in [0.25, 0.3) is 11.0 Å². The van der Waals surface area contributed by atoms with Crippen molar-refractivity contribution >= 4 is 28.4 Å². The number of rotatable bonds is 6. The molecule has 0 bridgehead atoms. The van der Waals surface area contributed by atoms with Crippen LogP contribution < -0.4 is 19.7 Å². The zero-order chi connectivity index (χ0) is 22.0. The van der Waals surface area contributed by atoms with Crippen LogP contribution in [-0.2, 0) is 11.8 Å². The molecule has 2 aromatic heterocycles. The van der Waals surface area contributed by atoms with Gasteiger partial charge in [-0.1, -0.05) is 0 Å². The van der Waals surface area contributed by atoms with Crippen molar-refractivity contribution in [1.82, 2.24) is 24.6 Å². The first-order chi connectivity index (χ1) is 15.0. The fourth-order valence-electron chi connectivity index (χ4n) is 3.81. The first-order valence-corrected chi connectivity index (χ1v) is 10.2. The predicted molar refractivity (Wildman–Crippen MR) is 118 cm³/mol. The molecular weight excluding hydrogens is 398 g/mol. The number of anilines is 2. The fourth-order valence-corrected chi connectivity index (χ4v) is 3.81. The summed E-state index contributed by atoms with van der Waals surface area (Å²) in [6, 6.07) is 5.05. The zero-order valence-electron chi connectivity index (χ0n) is 18.2. The average Bonchev–Trinajstić information content (AvgIpc) is 3.19. The number of piperazine rings is 1. The van der Waals surface area contributed by atoms with E-state index in [9.17, 15) is 4.79 Å². The molecule has 1 aliphatic heterocycles. The van der Waals surface area contributed by atoms with Crippen LogP contribution in [0.3, 0.4) is 0 Å². The molecule has 0 spiro atoms. The number of hydrogen-bond donors (Lipinski definition) is 1. The van der Waals surface area contributed by atoms with E-state index in [0.717, 1.165) is 43.0 Å². The van der Waals surface area contributed by atoms with Gasteiger partial charge in [-0.25, -0.2) is 9.97 Å². The van der Waals surface area contributed by atoms with Crippen LogP contribution in [0.15, 0.2) is 30.7 Å². The van der Waals surface area contributed by atoms with Gasteiger partial charge in [-0.3, -0.25) is 14.4 Å². The first kappa shape index (κ1) is 20.9. The Bertz CT molecular complexity index is 1050. The van der Waals surface area contributed by atoms with E-state index in [1.165, 1.54) is 0 Å². The number of hydrogen-bond acceptors (Lipinski definition) is 8. The predicted octanol–water partition coefficient (Wildman–Crippen LogP) is 1.53. The van der Waals surface area contributed by atoms with Crippen LogP contribution >= 0.6 is 0 Å². The standard InChI is InChI=1S/C21H27N7O3/c1-14(21(29)25-15-9-16(30-3)11-17(10-15)31-4)27-5-7-28(8-6-27)20-18-12-24-26(2)19(18)22-13-23-20/h9-14H,5-8H2,1-4H3,(H,25,29). The quantitative estimate of drug-likeness (QED) is 0.635. The van der Waals surface area contributed by atoms with Gasteiger partial charge in [-0.15, -0.1) is 0 Å². The molecule has 1 unspecified atom stereocenters. The van der Waals surface area contributed by atoms with Crippen molar-refractivity contribution in [2.45, 2.75) is 13.0 Å². The number of carbonyl (C=O) groups is 1. The molecule has 4 rings (SSSR count). The van der Waals surface area contributed by atoms with Gasteiger partial charge < -0.3 is 19.7 Å². The van der Waals surface area contributed by atoms with Crippen molar-refractivity contribution in [3.05, 3.63) is 30.7 Å². The van der Waals surface area contributed by atoms with Crippen molar-refractivity contribution in [3.8, 4) is 11.5 Å². The summed E-state index contributed by atoms with van der Waals surface area (Å²) >= 11 is 0. The molecule has 3 aromatic rings. The minimum atomic E-state index is -0.275. The van der Waals surface area contributed by atoms with Gasteiger partial charge in [0.15, 0.2) is 5.65 Å². The van der Waals surface area contributed by atoms with Crippen molar-refractivity contribution < 1.29 is 14.3 Å². The van der Waals surface area contributed by atoms with Gasteiger partial charge in [0.05, 0.1) is 31.8 Å². The van der Waals surface area contributed by atoms with Crippen molar-refractivity contribution in [1.29, 1.82) is 0 Å². The highest BCUT2D eigenvalue weighted by Gasteiger charge is 2.27. The van der Waals surface area contributed by atoms with Crippen molar-refractivity contribution in [2.75, 3.05) is 50.6 Å². The molecule has 1 N–H and O–H groups in total. The maximum Gasteiger partial charge on any atom is 0.241 e. The summed E-state index contributed by atoms with van der Waals surface area (Å²) in [4.78, 5) is 26.0. The molecule has 31 heavy (non-hydrogen) atoms. The van der Waals surface area contributed by atoms with E-state index in [1.807, 2.05) is 14.0 Å². The lowest BCUT2D eigenvalue weighted by atomic mass is 10.2. The largest absolute Gasteiger partial charge is 0.497 e. The number of fused-ring (bicyclic) bond motifs is 1. The Hall–Kier alpha value is -3.40. The Kier molecular flexibility index (Phi) is 5.90. The maximum absolute atomic E-state index is 12.9. The van der Waals surface area contributed by atoms with Crippen molar-refractivity contribution in [3.63, 3.8) is 0 Å². The van der Waals surface area contributed by atoms with Crippen LogP contribution in [0, 0.1) is 0 Å². The lowest BCUT2D eigenvalue weighted by molar-refractivity contribution is -0.120. The van der Waals surface area contributed by atoms with Crippen LogP contribution in [-0.4, -0.2) is 77.0 Å². The van der Waals surface area contributed by atoms with Crippen LogP contribution in [0.2, 0.25) is 0 Å². The molecule has 1 atom stereocenters. The smallest absolute Gasteiger partial charge is 0.241 e. The van der Waals surface area contributed by atoms with Gasteiger partial charge >= 0.3 is 0 Å². The minimum absolute atomic E-state index is 0.0690. The molecule has 1 aliphatic rings. The van der Waals surface area contributed by atoms with Gasteiger partial charge in [-0.05, 0) is 6.92 Å². The van der Waals surface area contributed by atoms with Gasteiger partial charge in [0.25, 0.3) is 0 Å². The molecule has 1 fully saturated rings. The Labute approximate surface area is 180 Å². The topological polar surface area (TPSA) is 97.6 Å². The number of aryl methyl sites for hydroxylation is 1. The normalized spacial score (nSPS) is 15.7. The zero-order valence-corrected chi connectivity index (χ0v) is 18.2. The highest BCUT2D eigenvalue weighted by Crippen LogP contribution is 2.27. The lowest BCUT2D eigenvalue weighted by Crippen LogP contribution is -2.53. The van der Waals surface area contributed by atoms with E-state index in [4.69, 9.17) is 9.47 Å². The van der Waals surface area contributed by atoms with E-state index in [0.29, 0.717) is 17.2 Å². The SMILES string of the molecule is COc1cc(NC(=O)C(C)N2CCN(c3ncnc4c3cnn4C)CC2)cc(OC)c1. The molecule has 3 heterocycles. The lowest BCUT2D eigenvalue weighted by Gasteiger charge is -2.38. The number of nitrogens with one attached hydrogen (secondary N) is 1.